The van der Waals surface area contributed by atoms with Gasteiger partial charge in [-0.3, -0.25) is 14.4 Å². The van der Waals surface area contributed by atoms with E-state index in [2.05, 4.69) is 5.32 Å². The van der Waals surface area contributed by atoms with Crippen LogP contribution in [0.1, 0.15) is 43.6 Å². The second kappa shape index (κ2) is 7.23. The quantitative estimate of drug-likeness (QED) is 0.868. The normalized spacial score (nSPS) is 22.0. The zero-order valence-corrected chi connectivity index (χ0v) is 15.7. The highest BCUT2D eigenvalue weighted by Crippen LogP contribution is 2.36. The molecule has 7 heteroatoms. The third kappa shape index (κ3) is 3.67. The lowest BCUT2D eigenvalue weighted by atomic mass is 9.87. The molecule has 0 aliphatic carbocycles. The lowest BCUT2D eigenvalue weighted by Gasteiger charge is -2.38. The Morgan fingerprint density at radius 3 is 2.62 bits per heavy atom. The Balaban J connectivity index is 1.59. The van der Waals surface area contributed by atoms with Crippen molar-refractivity contribution in [3.8, 4) is 0 Å². The number of aromatic nitrogens is 1. The summed E-state index contributed by atoms with van der Waals surface area (Å²) in [7, 11) is 1.61. The number of pyridine rings is 1. The van der Waals surface area contributed by atoms with Crippen LogP contribution in [0.25, 0.3) is 0 Å². The fourth-order valence-electron chi connectivity index (χ4n) is 3.71. The Labute approximate surface area is 153 Å². The molecule has 0 saturated carbocycles. The van der Waals surface area contributed by atoms with Crippen LogP contribution < -0.4 is 10.9 Å². The van der Waals surface area contributed by atoms with Gasteiger partial charge in [0.25, 0.3) is 11.5 Å². The number of piperidine rings is 1. The second-order valence-corrected chi connectivity index (χ2v) is 7.66. The molecular formula is C19H27N3O4. The van der Waals surface area contributed by atoms with E-state index in [0.717, 1.165) is 19.3 Å². The first-order valence-corrected chi connectivity index (χ1v) is 9.21. The molecule has 2 amide bonds. The van der Waals surface area contributed by atoms with E-state index in [1.165, 1.54) is 10.6 Å². The third-order valence-corrected chi connectivity index (χ3v) is 5.45. The molecular weight excluding hydrogens is 334 g/mol. The molecule has 3 rings (SSSR count). The van der Waals surface area contributed by atoms with E-state index >= 15 is 0 Å². The maximum absolute atomic E-state index is 12.7. The predicted octanol–water partition coefficient (Wildman–Crippen LogP) is 0.921. The van der Waals surface area contributed by atoms with Crippen LogP contribution in [-0.2, 0) is 16.6 Å². The molecule has 2 saturated heterocycles. The van der Waals surface area contributed by atoms with Gasteiger partial charge in [0.2, 0.25) is 5.91 Å². The van der Waals surface area contributed by atoms with Gasteiger partial charge in [0.1, 0.15) is 5.69 Å². The monoisotopic (exact) mass is 361 g/mol. The van der Waals surface area contributed by atoms with E-state index in [1.54, 1.807) is 24.1 Å². The fraction of sp³-hybridized carbons (Fsp3) is 0.632. The van der Waals surface area contributed by atoms with Crippen LogP contribution in [0.4, 0.5) is 0 Å². The van der Waals surface area contributed by atoms with Gasteiger partial charge < -0.3 is 19.5 Å². The summed E-state index contributed by atoms with van der Waals surface area (Å²) in [4.78, 5) is 38.1. The lowest BCUT2D eigenvalue weighted by molar-refractivity contribution is -0.124. The maximum Gasteiger partial charge on any atom is 0.270 e. The van der Waals surface area contributed by atoms with Gasteiger partial charge in [-0.25, -0.2) is 0 Å². The molecule has 0 radical (unpaired) electrons. The minimum absolute atomic E-state index is 0.0384. The van der Waals surface area contributed by atoms with Crippen LogP contribution in [0.15, 0.2) is 23.0 Å². The van der Waals surface area contributed by atoms with Crippen molar-refractivity contribution in [2.24, 2.45) is 13.0 Å². The molecule has 0 bridgehead atoms. The number of likely N-dealkylation sites (tertiary alicyclic amines) is 1. The summed E-state index contributed by atoms with van der Waals surface area (Å²) in [5.41, 5.74) is -0.0380. The summed E-state index contributed by atoms with van der Waals surface area (Å²) in [6.07, 6.45) is 2.28. The Bertz CT molecular complexity index is 747. The molecule has 1 aromatic heterocycles. The van der Waals surface area contributed by atoms with Gasteiger partial charge in [0.15, 0.2) is 0 Å². The number of carbonyl (C=O) groups excluding carboxylic acids is 2. The summed E-state index contributed by atoms with van der Waals surface area (Å²) in [5, 5.41) is 3.04. The van der Waals surface area contributed by atoms with Gasteiger partial charge in [0.05, 0.1) is 18.2 Å². The molecule has 1 aromatic rings. The predicted molar refractivity (Wildman–Crippen MR) is 96.9 cm³/mol. The van der Waals surface area contributed by atoms with Crippen molar-refractivity contribution in [3.05, 3.63) is 34.2 Å². The van der Waals surface area contributed by atoms with Crippen molar-refractivity contribution in [3.63, 3.8) is 0 Å². The highest BCUT2D eigenvalue weighted by atomic mass is 16.5. The van der Waals surface area contributed by atoms with Crippen LogP contribution >= 0.6 is 0 Å². The van der Waals surface area contributed by atoms with E-state index in [4.69, 9.17) is 4.74 Å². The van der Waals surface area contributed by atoms with Gasteiger partial charge in [-0.2, -0.15) is 0 Å². The topological polar surface area (TPSA) is 80.6 Å². The van der Waals surface area contributed by atoms with Gasteiger partial charge in [0, 0.05) is 32.1 Å². The summed E-state index contributed by atoms with van der Waals surface area (Å²) in [6.45, 7) is 5.46. The van der Waals surface area contributed by atoms with Crippen molar-refractivity contribution >= 4 is 11.8 Å². The molecule has 3 heterocycles. The average molecular weight is 361 g/mol. The Morgan fingerprint density at radius 2 is 1.96 bits per heavy atom. The Morgan fingerprint density at radius 1 is 1.27 bits per heavy atom. The lowest BCUT2D eigenvalue weighted by Crippen LogP contribution is -2.48. The first-order valence-electron chi connectivity index (χ1n) is 9.21. The highest BCUT2D eigenvalue weighted by Gasteiger charge is 2.44. The van der Waals surface area contributed by atoms with Crippen LogP contribution in [0.2, 0.25) is 0 Å². The van der Waals surface area contributed by atoms with Crippen LogP contribution in [0, 0.1) is 5.92 Å². The molecule has 2 aliphatic heterocycles. The number of hydrogen-bond donors (Lipinski definition) is 1. The van der Waals surface area contributed by atoms with Crippen molar-refractivity contribution < 1.29 is 14.3 Å². The third-order valence-electron chi connectivity index (χ3n) is 5.45. The molecule has 26 heavy (non-hydrogen) atoms. The van der Waals surface area contributed by atoms with Crippen LogP contribution in [-0.4, -0.2) is 52.6 Å². The summed E-state index contributed by atoms with van der Waals surface area (Å²) >= 11 is 0. The van der Waals surface area contributed by atoms with Gasteiger partial charge in [-0.1, -0.05) is 19.9 Å². The fourth-order valence-corrected chi connectivity index (χ4v) is 3.71. The molecule has 7 nitrogen and oxygen atoms in total. The van der Waals surface area contributed by atoms with Gasteiger partial charge >= 0.3 is 0 Å². The number of nitrogens with zero attached hydrogens (tertiary/aromatic N) is 2. The number of rotatable bonds is 3. The Kier molecular flexibility index (Phi) is 5.18. The molecule has 2 fully saturated rings. The molecule has 1 N–H and O–H groups in total. The molecule has 1 atom stereocenters. The van der Waals surface area contributed by atoms with E-state index in [-0.39, 0.29) is 34.9 Å². The van der Waals surface area contributed by atoms with E-state index < -0.39 is 0 Å². The van der Waals surface area contributed by atoms with E-state index in [9.17, 15) is 14.4 Å². The van der Waals surface area contributed by atoms with Crippen molar-refractivity contribution in [1.29, 1.82) is 0 Å². The van der Waals surface area contributed by atoms with Crippen molar-refractivity contribution in [2.75, 3.05) is 19.7 Å². The minimum atomic E-state index is -0.256. The van der Waals surface area contributed by atoms with Crippen LogP contribution in [0.3, 0.4) is 0 Å². The first-order chi connectivity index (χ1) is 12.3. The zero-order valence-electron chi connectivity index (χ0n) is 15.7. The maximum atomic E-state index is 12.7. The minimum Gasteiger partial charge on any atom is -0.373 e. The Hall–Kier alpha value is -2.15. The standard InChI is InChI=1S/C19H27N3O4/c1-13(2)17(24)20-14-11-19(26-12-14)7-9-22(10-8-19)18(25)15-5-4-6-16(23)21(15)3/h4-6,13-14H,7-12H2,1-3H3,(H,20,24)/t14-/m0/s1. The smallest absolute Gasteiger partial charge is 0.270 e. The first kappa shape index (κ1) is 18.6. The van der Waals surface area contributed by atoms with Crippen molar-refractivity contribution in [1.82, 2.24) is 14.8 Å². The SMILES string of the molecule is CC(C)C(=O)N[C@@H]1COC2(CCN(C(=O)c3cccc(=O)n3C)CC2)C1. The highest BCUT2D eigenvalue weighted by molar-refractivity contribution is 5.92. The number of ether oxygens (including phenoxy) is 1. The van der Waals surface area contributed by atoms with Crippen molar-refractivity contribution in [2.45, 2.75) is 44.8 Å². The summed E-state index contributed by atoms with van der Waals surface area (Å²) in [6, 6.07) is 4.78. The molecule has 142 valence electrons. The summed E-state index contributed by atoms with van der Waals surface area (Å²) < 4.78 is 7.43. The summed E-state index contributed by atoms with van der Waals surface area (Å²) in [5.74, 6) is -0.112. The van der Waals surface area contributed by atoms with Gasteiger partial charge in [-0.15, -0.1) is 0 Å². The molecule has 0 aromatic carbocycles. The number of nitrogens with one attached hydrogen (secondary N) is 1. The molecule has 1 spiro atoms. The molecule has 2 aliphatic rings. The zero-order chi connectivity index (χ0) is 18.9. The second-order valence-electron chi connectivity index (χ2n) is 7.66. The van der Waals surface area contributed by atoms with E-state index in [0.29, 0.717) is 25.4 Å². The molecule has 0 unspecified atom stereocenters. The number of amides is 2. The number of carbonyl (C=O) groups is 2. The van der Waals surface area contributed by atoms with E-state index in [1.807, 2.05) is 13.8 Å². The van der Waals surface area contributed by atoms with Gasteiger partial charge in [-0.05, 0) is 25.3 Å². The number of hydrogen-bond acceptors (Lipinski definition) is 4. The van der Waals surface area contributed by atoms with Crippen LogP contribution in [0.5, 0.6) is 0 Å². The average Bonchev–Trinajstić information content (AvgIpc) is 2.99. The largest absolute Gasteiger partial charge is 0.373 e.